The number of anilines is 1. The highest BCUT2D eigenvalue weighted by Crippen LogP contribution is 2.26. The Kier molecular flexibility index (Phi) is 4.73. The van der Waals surface area contributed by atoms with Gasteiger partial charge in [-0.3, -0.25) is 9.52 Å². The summed E-state index contributed by atoms with van der Waals surface area (Å²) < 4.78 is 27.1. The normalized spacial score (nSPS) is 11.2. The number of hydrogen-bond donors (Lipinski definition) is 2. The van der Waals surface area contributed by atoms with Crippen LogP contribution < -0.4 is 10.5 Å². The Labute approximate surface area is 134 Å². The highest BCUT2D eigenvalue weighted by molar-refractivity contribution is 7.92. The number of benzene rings is 2. The molecule has 0 heterocycles. The zero-order chi connectivity index (χ0) is 16.3. The first-order valence-electron chi connectivity index (χ1n) is 6.54. The van der Waals surface area contributed by atoms with Crippen molar-refractivity contribution in [2.75, 3.05) is 4.72 Å². The molecule has 5 nitrogen and oxygen atoms in total. The van der Waals surface area contributed by atoms with E-state index in [1.807, 2.05) is 6.92 Å². The first kappa shape index (κ1) is 16.3. The summed E-state index contributed by atoms with van der Waals surface area (Å²) in [6.45, 7) is 1.98. The molecule has 0 aliphatic rings. The molecule has 0 radical (unpaired) electrons. The quantitative estimate of drug-likeness (QED) is 0.878. The first-order valence-corrected chi connectivity index (χ1v) is 8.40. The van der Waals surface area contributed by atoms with Gasteiger partial charge in [-0.1, -0.05) is 30.7 Å². The van der Waals surface area contributed by atoms with Gasteiger partial charge >= 0.3 is 0 Å². The molecular weight excluding hydrogens is 324 g/mol. The van der Waals surface area contributed by atoms with Crippen LogP contribution in [0.5, 0.6) is 0 Å². The lowest BCUT2D eigenvalue weighted by Gasteiger charge is -2.11. The smallest absolute Gasteiger partial charge is 0.261 e. The van der Waals surface area contributed by atoms with Crippen LogP contribution in [0.4, 0.5) is 5.69 Å². The molecule has 0 aliphatic carbocycles. The van der Waals surface area contributed by atoms with Crippen LogP contribution >= 0.6 is 11.6 Å². The van der Waals surface area contributed by atoms with E-state index in [1.165, 1.54) is 30.3 Å². The van der Waals surface area contributed by atoms with Crippen molar-refractivity contribution in [3.63, 3.8) is 0 Å². The van der Waals surface area contributed by atoms with Gasteiger partial charge in [0.25, 0.3) is 10.0 Å². The van der Waals surface area contributed by atoms with Crippen molar-refractivity contribution in [2.24, 2.45) is 5.73 Å². The topological polar surface area (TPSA) is 89.3 Å². The van der Waals surface area contributed by atoms with Crippen molar-refractivity contribution in [3.05, 3.63) is 58.6 Å². The first-order chi connectivity index (χ1) is 10.3. The Morgan fingerprint density at radius 1 is 1.18 bits per heavy atom. The second-order valence-electron chi connectivity index (χ2n) is 4.66. The number of amides is 1. The Hall–Kier alpha value is -2.05. The molecule has 2 aromatic carbocycles. The number of carbonyl (C=O) groups is 1. The molecule has 3 N–H and O–H groups in total. The number of carbonyl (C=O) groups excluding carboxylic acids is 1. The summed E-state index contributed by atoms with van der Waals surface area (Å²) >= 11 is 5.96. The molecule has 1 amide bonds. The molecule has 0 fully saturated rings. The third kappa shape index (κ3) is 3.58. The van der Waals surface area contributed by atoms with Crippen LogP contribution in [0.1, 0.15) is 22.8 Å². The highest BCUT2D eigenvalue weighted by atomic mass is 35.5. The van der Waals surface area contributed by atoms with Gasteiger partial charge in [-0.25, -0.2) is 8.42 Å². The summed E-state index contributed by atoms with van der Waals surface area (Å²) in [5, 5.41) is 0.179. The number of hydrogen-bond acceptors (Lipinski definition) is 3. The maximum Gasteiger partial charge on any atom is 0.261 e. The van der Waals surface area contributed by atoms with E-state index < -0.39 is 15.9 Å². The van der Waals surface area contributed by atoms with Crippen LogP contribution in [0.15, 0.2) is 47.4 Å². The van der Waals surface area contributed by atoms with Crippen LogP contribution in [-0.2, 0) is 16.4 Å². The Morgan fingerprint density at radius 3 is 2.36 bits per heavy atom. The summed E-state index contributed by atoms with van der Waals surface area (Å²) in [5.74, 6) is -0.663. The molecular formula is C15H15ClN2O3S. The SMILES string of the molecule is CCc1ccc(S(=O)(=O)Nc2cc(C(N)=O)ccc2Cl)cc1. The van der Waals surface area contributed by atoms with Gasteiger partial charge in [0.2, 0.25) is 5.91 Å². The van der Waals surface area contributed by atoms with Gasteiger partial charge < -0.3 is 5.73 Å². The molecule has 116 valence electrons. The molecule has 0 bridgehead atoms. The number of rotatable bonds is 5. The van der Waals surface area contributed by atoms with Crippen molar-refractivity contribution in [1.29, 1.82) is 0 Å². The van der Waals surface area contributed by atoms with Gasteiger partial charge in [-0.05, 0) is 42.3 Å². The Balaban J connectivity index is 2.35. The minimum Gasteiger partial charge on any atom is -0.366 e. The number of nitrogens with two attached hydrogens (primary N) is 1. The average Bonchev–Trinajstić information content (AvgIpc) is 2.49. The van der Waals surface area contributed by atoms with Crippen molar-refractivity contribution in [1.82, 2.24) is 0 Å². The van der Waals surface area contributed by atoms with Crippen molar-refractivity contribution in [3.8, 4) is 0 Å². The molecule has 0 aliphatic heterocycles. The minimum absolute atomic E-state index is 0.109. The summed E-state index contributed by atoms with van der Waals surface area (Å²) in [6, 6.07) is 10.7. The molecule has 0 unspecified atom stereocenters. The van der Waals surface area contributed by atoms with Gasteiger partial charge in [0.05, 0.1) is 15.6 Å². The number of nitrogens with one attached hydrogen (secondary N) is 1. The van der Waals surface area contributed by atoms with Gasteiger partial charge in [-0.2, -0.15) is 0 Å². The van der Waals surface area contributed by atoms with E-state index >= 15 is 0 Å². The molecule has 0 spiro atoms. The van der Waals surface area contributed by atoms with Crippen LogP contribution in [0, 0.1) is 0 Å². The molecule has 0 saturated heterocycles. The van der Waals surface area contributed by atoms with Crippen LogP contribution in [0.25, 0.3) is 0 Å². The molecule has 22 heavy (non-hydrogen) atoms. The van der Waals surface area contributed by atoms with E-state index in [0.717, 1.165) is 12.0 Å². The molecule has 2 rings (SSSR count). The number of aryl methyl sites for hydroxylation is 1. The van der Waals surface area contributed by atoms with Crippen LogP contribution in [-0.4, -0.2) is 14.3 Å². The van der Waals surface area contributed by atoms with E-state index in [9.17, 15) is 13.2 Å². The van der Waals surface area contributed by atoms with Gasteiger partial charge in [0.1, 0.15) is 0 Å². The predicted molar refractivity (Wildman–Crippen MR) is 86.6 cm³/mol. The molecule has 0 atom stereocenters. The van der Waals surface area contributed by atoms with Gasteiger partial charge in [-0.15, -0.1) is 0 Å². The lowest BCUT2D eigenvalue weighted by atomic mass is 10.2. The number of halogens is 1. The van der Waals surface area contributed by atoms with Crippen molar-refractivity contribution < 1.29 is 13.2 Å². The van der Waals surface area contributed by atoms with Crippen molar-refractivity contribution >= 4 is 33.2 Å². The van der Waals surface area contributed by atoms with E-state index in [-0.39, 0.29) is 21.2 Å². The Morgan fingerprint density at radius 2 is 1.82 bits per heavy atom. The van der Waals surface area contributed by atoms with Crippen LogP contribution in [0.3, 0.4) is 0 Å². The standard InChI is InChI=1S/C15H15ClN2O3S/c1-2-10-3-6-12(7-4-10)22(20,21)18-14-9-11(15(17)19)5-8-13(14)16/h3-9,18H,2H2,1H3,(H2,17,19). The zero-order valence-corrected chi connectivity index (χ0v) is 13.4. The fraction of sp³-hybridized carbons (Fsp3) is 0.133. The largest absolute Gasteiger partial charge is 0.366 e. The van der Waals surface area contributed by atoms with E-state index in [2.05, 4.69) is 4.72 Å². The van der Waals surface area contributed by atoms with Crippen molar-refractivity contribution in [2.45, 2.75) is 18.2 Å². The number of sulfonamides is 1. The lowest BCUT2D eigenvalue weighted by Crippen LogP contribution is -2.15. The van der Waals surface area contributed by atoms with E-state index in [1.54, 1.807) is 12.1 Å². The Bertz CT molecular complexity index is 802. The summed E-state index contributed by atoms with van der Waals surface area (Å²) in [5.41, 5.74) is 6.49. The third-order valence-corrected chi connectivity index (χ3v) is 4.85. The molecule has 2 aromatic rings. The maximum absolute atomic E-state index is 12.3. The number of primary amides is 1. The average molecular weight is 339 g/mol. The van der Waals surface area contributed by atoms with E-state index in [0.29, 0.717) is 0 Å². The minimum atomic E-state index is -3.79. The molecule has 0 saturated carbocycles. The summed E-state index contributed by atoms with van der Waals surface area (Å²) in [6.07, 6.45) is 0.820. The summed E-state index contributed by atoms with van der Waals surface area (Å²) in [4.78, 5) is 11.3. The predicted octanol–water partition coefficient (Wildman–Crippen LogP) is 2.80. The second-order valence-corrected chi connectivity index (χ2v) is 6.75. The second kappa shape index (κ2) is 6.37. The monoisotopic (exact) mass is 338 g/mol. The fourth-order valence-corrected chi connectivity index (χ4v) is 3.16. The van der Waals surface area contributed by atoms with E-state index in [4.69, 9.17) is 17.3 Å². The fourth-order valence-electron chi connectivity index (χ4n) is 1.86. The highest BCUT2D eigenvalue weighted by Gasteiger charge is 2.16. The molecule has 0 aromatic heterocycles. The molecule has 7 heteroatoms. The summed E-state index contributed by atoms with van der Waals surface area (Å²) in [7, 11) is -3.79. The lowest BCUT2D eigenvalue weighted by molar-refractivity contribution is 0.100. The maximum atomic E-state index is 12.3. The zero-order valence-electron chi connectivity index (χ0n) is 11.8. The third-order valence-electron chi connectivity index (χ3n) is 3.14. The van der Waals surface area contributed by atoms with Gasteiger partial charge in [0, 0.05) is 5.56 Å². The van der Waals surface area contributed by atoms with Crippen LogP contribution in [0.2, 0.25) is 5.02 Å². The van der Waals surface area contributed by atoms with Gasteiger partial charge in [0.15, 0.2) is 0 Å².